The van der Waals surface area contributed by atoms with Crippen LogP contribution in [0.1, 0.15) is 53.4 Å². The van der Waals surface area contributed by atoms with Crippen LogP contribution in [0.2, 0.25) is 0 Å². The fourth-order valence-corrected chi connectivity index (χ4v) is 3.89. The van der Waals surface area contributed by atoms with Crippen molar-refractivity contribution in [2.45, 2.75) is 70.6 Å². The van der Waals surface area contributed by atoms with Gasteiger partial charge in [0.05, 0.1) is 6.10 Å². The molecule has 2 N–H and O–H groups in total. The Kier molecular flexibility index (Phi) is 4.05. The Labute approximate surface area is 112 Å². The predicted molar refractivity (Wildman–Crippen MR) is 75.6 cm³/mol. The second-order valence-electron chi connectivity index (χ2n) is 7.10. The average molecular weight is 254 g/mol. The quantitative estimate of drug-likeness (QED) is 0.840. The summed E-state index contributed by atoms with van der Waals surface area (Å²) < 4.78 is 5.94. The molecule has 0 aliphatic carbocycles. The molecule has 2 heterocycles. The Morgan fingerprint density at radius 3 is 2.56 bits per heavy atom. The number of nitrogens with two attached hydrogens (primary N) is 1. The molecule has 0 aromatic heterocycles. The van der Waals surface area contributed by atoms with Crippen LogP contribution in [-0.2, 0) is 4.74 Å². The monoisotopic (exact) mass is 254 g/mol. The molecule has 2 aliphatic rings. The molecule has 0 radical (unpaired) electrons. The van der Waals surface area contributed by atoms with Gasteiger partial charge in [-0.05, 0) is 52.0 Å². The van der Waals surface area contributed by atoms with Gasteiger partial charge < -0.3 is 10.5 Å². The summed E-state index contributed by atoms with van der Waals surface area (Å²) in [4.78, 5) is 2.69. The second-order valence-corrected chi connectivity index (χ2v) is 7.10. The van der Waals surface area contributed by atoms with E-state index in [1.54, 1.807) is 0 Å². The van der Waals surface area contributed by atoms with Gasteiger partial charge >= 0.3 is 0 Å². The van der Waals surface area contributed by atoms with Gasteiger partial charge in [-0.25, -0.2) is 0 Å². The minimum atomic E-state index is 0.174. The largest absolute Gasteiger partial charge is 0.378 e. The smallest absolute Gasteiger partial charge is 0.0616 e. The molecule has 0 saturated carbocycles. The van der Waals surface area contributed by atoms with E-state index in [2.05, 4.69) is 32.6 Å². The molecule has 106 valence electrons. The summed E-state index contributed by atoms with van der Waals surface area (Å²) in [6.07, 6.45) is 5.17. The van der Waals surface area contributed by atoms with Crippen molar-refractivity contribution in [2.24, 2.45) is 11.7 Å². The normalized spacial score (nSPS) is 37.3. The standard InChI is InChI=1S/C15H30N2O/c1-12(2)13-10-15(11-16,7-9-18-13)17-8-5-6-14(17,3)4/h12-13H,5-11,16H2,1-4H3. The summed E-state index contributed by atoms with van der Waals surface area (Å²) >= 11 is 0. The van der Waals surface area contributed by atoms with Gasteiger partial charge in [0.15, 0.2) is 0 Å². The third-order valence-corrected chi connectivity index (χ3v) is 5.08. The summed E-state index contributed by atoms with van der Waals surface area (Å²) in [6, 6.07) is 0. The third kappa shape index (κ3) is 2.45. The molecular weight excluding hydrogens is 224 g/mol. The molecular formula is C15H30N2O. The first-order valence-corrected chi connectivity index (χ1v) is 7.51. The lowest BCUT2D eigenvalue weighted by Gasteiger charge is -2.52. The Morgan fingerprint density at radius 1 is 1.33 bits per heavy atom. The van der Waals surface area contributed by atoms with E-state index < -0.39 is 0 Å². The number of hydrogen-bond acceptors (Lipinski definition) is 3. The number of ether oxygens (including phenoxy) is 1. The highest BCUT2D eigenvalue weighted by Crippen LogP contribution is 2.41. The molecule has 2 rings (SSSR count). The number of nitrogens with zero attached hydrogens (tertiary/aromatic N) is 1. The van der Waals surface area contributed by atoms with Gasteiger partial charge in [-0.2, -0.15) is 0 Å². The van der Waals surface area contributed by atoms with Crippen molar-refractivity contribution in [1.82, 2.24) is 4.90 Å². The van der Waals surface area contributed by atoms with Crippen LogP contribution in [0.4, 0.5) is 0 Å². The predicted octanol–water partition coefficient (Wildman–Crippen LogP) is 2.39. The van der Waals surface area contributed by atoms with Crippen molar-refractivity contribution in [1.29, 1.82) is 0 Å². The maximum absolute atomic E-state index is 6.20. The Balaban J connectivity index is 2.19. The summed E-state index contributed by atoms with van der Waals surface area (Å²) in [5, 5.41) is 0. The lowest BCUT2D eigenvalue weighted by atomic mass is 9.80. The number of hydrogen-bond donors (Lipinski definition) is 1. The van der Waals surface area contributed by atoms with Crippen molar-refractivity contribution in [3.05, 3.63) is 0 Å². The van der Waals surface area contributed by atoms with Crippen LogP contribution in [0.15, 0.2) is 0 Å². The molecule has 0 spiro atoms. The van der Waals surface area contributed by atoms with Gasteiger partial charge in [-0.15, -0.1) is 0 Å². The number of likely N-dealkylation sites (tertiary alicyclic amines) is 1. The fourth-order valence-electron chi connectivity index (χ4n) is 3.89. The van der Waals surface area contributed by atoms with Gasteiger partial charge in [-0.3, -0.25) is 4.90 Å². The number of rotatable bonds is 3. The van der Waals surface area contributed by atoms with E-state index in [4.69, 9.17) is 10.5 Å². The third-order valence-electron chi connectivity index (χ3n) is 5.08. The van der Waals surface area contributed by atoms with Crippen LogP contribution in [0.3, 0.4) is 0 Å². The zero-order chi connectivity index (χ0) is 13.4. The van der Waals surface area contributed by atoms with E-state index in [1.807, 2.05) is 0 Å². The fraction of sp³-hybridized carbons (Fsp3) is 1.00. The zero-order valence-corrected chi connectivity index (χ0v) is 12.5. The summed E-state index contributed by atoms with van der Waals surface area (Å²) in [5.74, 6) is 0.585. The highest BCUT2D eigenvalue weighted by atomic mass is 16.5. The van der Waals surface area contributed by atoms with E-state index in [1.165, 1.54) is 19.4 Å². The van der Waals surface area contributed by atoms with E-state index in [0.29, 0.717) is 17.6 Å². The molecule has 0 aromatic rings. The van der Waals surface area contributed by atoms with Gasteiger partial charge in [-0.1, -0.05) is 13.8 Å². The van der Waals surface area contributed by atoms with Crippen LogP contribution in [0.5, 0.6) is 0 Å². The molecule has 0 bridgehead atoms. The first-order valence-electron chi connectivity index (χ1n) is 7.51. The summed E-state index contributed by atoms with van der Waals surface area (Å²) in [5.41, 5.74) is 6.68. The van der Waals surface area contributed by atoms with Crippen molar-refractivity contribution in [2.75, 3.05) is 19.7 Å². The Hall–Kier alpha value is -0.120. The lowest BCUT2D eigenvalue weighted by Crippen LogP contribution is -2.63. The minimum absolute atomic E-state index is 0.174. The molecule has 0 aromatic carbocycles. The topological polar surface area (TPSA) is 38.5 Å². The molecule has 2 fully saturated rings. The van der Waals surface area contributed by atoms with Gasteiger partial charge in [0.1, 0.15) is 0 Å². The van der Waals surface area contributed by atoms with E-state index in [-0.39, 0.29) is 5.54 Å². The highest BCUT2D eigenvalue weighted by molar-refractivity contribution is 5.04. The zero-order valence-electron chi connectivity index (χ0n) is 12.5. The summed E-state index contributed by atoms with van der Waals surface area (Å²) in [7, 11) is 0. The second kappa shape index (κ2) is 5.10. The molecule has 2 saturated heterocycles. The van der Waals surface area contributed by atoms with Crippen LogP contribution in [0.25, 0.3) is 0 Å². The molecule has 2 atom stereocenters. The first-order chi connectivity index (χ1) is 8.41. The van der Waals surface area contributed by atoms with Gasteiger partial charge in [0, 0.05) is 24.2 Å². The van der Waals surface area contributed by atoms with Crippen LogP contribution in [0, 0.1) is 5.92 Å². The van der Waals surface area contributed by atoms with Crippen molar-refractivity contribution < 1.29 is 4.74 Å². The summed E-state index contributed by atoms with van der Waals surface area (Å²) in [6.45, 7) is 12.1. The van der Waals surface area contributed by atoms with Crippen molar-refractivity contribution in [3.63, 3.8) is 0 Å². The molecule has 3 nitrogen and oxygen atoms in total. The van der Waals surface area contributed by atoms with E-state index in [9.17, 15) is 0 Å². The van der Waals surface area contributed by atoms with Gasteiger partial charge in [0.25, 0.3) is 0 Å². The van der Waals surface area contributed by atoms with Gasteiger partial charge in [0.2, 0.25) is 0 Å². The maximum Gasteiger partial charge on any atom is 0.0616 e. The molecule has 18 heavy (non-hydrogen) atoms. The van der Waals surface area contributed by atoms with Crippen LogP contribution in [-0.4, -0.2) is 41.8 Å². The van der Waals surface area contributed by atoms with E-state index >= 15 is 0 Å². The lowest BCUT2D eigenvalue weighted by molar-refractivity contribution is -0.102. The van der Waals surface area contributed by atoms with Crippen LogP contribution >= 0.6 is 0 Å². The Morgan fingerprint density at radius 2 is 2.06 bits per heavy atom. The van der Waals surface area contributed by atoms with Crippen molar-refractivity contribution >= 4 is 0 Å². The van der Waals surface area contributed by atoms with E-state index in [0.717, 1.165) is 26.0 Å². The highest BCUT2D eigenvalue weighted by Gasteiger charge is 2.48. The molecule has 3 heteroatoms. The SMILES string of the molecule is CC(C)C1CC(CN)(N2CCCC2(C)C)CCO1. The molecule has 0 amide bonds. The molecule has 2 aliphatic heterocycles. The molecule has 2 unspecified atom stereocenters. The Bertz CT molecular complexity index is 290. The minimum Gasteiger partial charge on any atom is -0.378 e. The first kappa shape index (κ1) is 14.3. The average Bonchev–Trinajstić information content (AvgIpc) is 2.69. The van der Waals surface area contributed by atoms with Crippen LogP contribution < -0.4 is 5.73 Å². The maximum atomic E-state index is 6.20. The van der Waals surface area contributed by atoms with Crippen molar-refractivity contribution in [3.8, 4) is 0 Å².